The summed E-state index contributed by atoms with van der Waals surface area (Å²) in [6.07, 6.45) is 0.509. The summed E-state index contributed by atoms with van der Waals surface area (Å²) in [5.74, 6) is -2.56. The summed E-state index contributed by atoms with van der Waals surface area (Å²) in [5, 5.41) is 5.90. The SMILES string of the molecule is O=C(CCCNC(=O)c1ccc(F)cc1F)Nc1cc(Cl)ccc1N1CCOCC1. The molecular formula is C21H22ClF2N3O3. The number of hydrogen-bond acceptors (Lipinski definition) is 4. The third kappa shape index (κ3) is 5.90. The van der Waals surface area contributed by atoms with E-state index in [1.54, 1.807) is 12.1 Å². The number of benzene rings is 2. The molecule has 6 nitrogen and oxygen atoms in total. The lowest BCUT2D eigenvalue weighted by molar-refractivity contribution is -0.116. The highest BCUT2D eigenvalue weighted by atomic mass is 35.5. The van der Waals surface area contributed by atoms with E-state index in [1.165, 1.54) is 0 Å². The van der Waals surface area contributed by atoms with Crippen molar-refractivity contribution in [1.29, 1.82) is 0 Å². The summed E-state index contributed by atoms with van der Waals surface area (Å²) in [7, 11) is 0. The van der Waals surface area contributed by atoms with Crippen LogP contribution in [-0.4, -0.2) is 44.7 Å². The van der Waals surface area contributed by atoms with Gasteiger partial charge in [0.1, 0.15) is 11.6 Å². The Bertz CT molecular complexity index is 920. The molecule has 0 unspecified atom stereocenters. The first-order chi connectivity index (χ1) is 14.4. The fourth-order valence-corrected chi connectivity index (χ4v) is 3.29. The van der Waals surface area contributed by atoms with Gasteiger partial charge in [-0.2, -0.15) is 0 Å². The number of ether oxygens (including phenoxy) is 1. The monoisotopic (exact) mass is 437 g/mol. The number of rotatable bonds is 7. The Morgan fingerprint density at radius 3 is 2.60 bits per heavy atom. The van der Waals surface area contributed by atoms with E-state index in [9.17, 15) is 18.4 Å². The number of amides is 2. The first-order valence-corrected chi connectivity index (χ1v) is 9.97. The van der Waals surface area contributed by atoms with Gasteiger partial charge >= 0.3 is 0 Å². The highest BCUT2D eigenvalue weighted by molar-refractivity contribution is 6.31. The zero-order valence-electron chi connectivity index (χ0n) is 16.2. The average Bonchev–Trinajstić information content (AvgIpc) is 2.72. The molecule has 2 aromatic carbocycles. The van der Waals surface area contributed by atoms with Gasteiger partial charge in [0.15, 0.2) is 0 Å². The lowest BCUT2D eigenvalue weighted by Gasteiger charge is -2.30. The van der Waals surface area contributed by atoms with Crippen molar-refractivity contribution in [3.8, 4) is 0 Å². The van der Waals surface area contributed by atoms with Crippen molar-refractivity contribution in [1.82, 2.24) is 5.32 Å². The van der Waals surface area contributed by atoms with Crippen LogP contribution in [0.1, 0.15) is 23.2 Å². The van der Waals surface area contributed by atoms with Gasteiger partial charge in [0.05, 0.1) is 30.2 Å². The first-order valence-electron chi connectivity index (χ1n) is 9.59. The van der Waals surface area contributed by atoms with Crippen LogP contribution in [0.15, 0.2) is 36.4 Å². The van der Waals surface area contributed by atoms with Gasteiger partial charge < -0.3 is 20.3 Å². The van der Waals surface area contributed by atoms with Crippen LogP contribution in [-0.2, 0) is 9.53 Å². The number of morpholine rings is 1. The minimum absolute atomic E-state index is 0.154. The molecule has 3 rings (SSSR count). The molecule has 1 heterocycles. The topological polar surface area (TPSA) is 70.7 Å². The van der Waals surface area contributed by atoms with E-state index in [0.717, 1.165) is 30.9 Å². The normalized spacial score (nSPS) is 13.8. The van der Waals surface area contributed by atoms with Crippen LogP contribution >= 0.6 is 11.6 Å². The maximum Gasteiger partial charge on any atom is 0.254 e. The van der Waals surface area contributed by atoms with Crippen LogP contribution in [0.3, 0.4) is 0 Å². The van der Waals surface area contributed by atoms with Gasteiger partial charge in [-0.1, -0.05) is 11.6 Å². The van der Waals surface area contributed by atoms with Gasteiger partial charge in [0.2, 0.25) is 5.91 Å². The number of carbonyl (C=O) groups excluding carboxylic acids is 2. The van der Waals surface area contributed by atoms with Crippen molar-refractivity contribution in [3.05, 3.63) is 58.6 Å². The molecule has 0 spiro atoms. The highest BCUT2D eigenvalue weighted by Gasteiger charge is 2.17. The minimum atomic E-state index is -0.929. The second-order valence-electron chi connectivity index (χ2n) is 6.79. The smallest absolute Gasteiger partial charge is 0.254 e. The van der Waals surface area contributed by atoms with Crippen molar-refractivity contribution in [3.63, 3.8) is 0 Å². The summed E-state index contributed by atoms with van der Waals surface area (Å²) < 4.78 is 31.9. The van der Waals surface area contributed by atoms with Crippen LogP contribution in [0.25, 0.3) is 0 Å². The summed E-state index contributed by atoms with van der Waals surface area (Å²) >= 11 is 6.09. The molecule has 1 saturated heterocycles. The molecule has 9 heteroatoms. The lowest BCUT2D eigenvalue weighted by atomic mass is 10.2. The second kappa shape index (κ2) is 10.4. The molecule has 0 aliphatic carbocycles. The molecule has 2 N–H and O–H groups in total. The van der Waals surface area contributed by atoms with Crippen LogP contribution < -0.4 is 15.5 Å². The molecule has 0 bridgehead atoms. The van der Waals surface area contributed by atoms with Gasteiger partial charge in [-0.3, -0.25) is 9.59 Å². The Morgan fingerprint density at radius 2 is 1.87 bits per heavy atom. The van der Waals surface area contributed by atoms with Gasteiger partial charge in [0, 0.05) is 37.1 Å². The van der Waals surface area contributed by atoms with E-state index in [-0.39, 0.29) is 24.4 Å². The largest absolute Gasteiger partial charge is 0.378 e. The molecule has 0 atom stereocenters. The number of halogens is 3. The Morgan fingerprint density at radius 1 is 1.10 bits per heavy atom. The Labute approximate surface area is 178 Å². The van der Waals surface area contributed by atoms with Crippen LogP contribution in [0.2, 0.25) is 5.02 Å². The van der Waals surface area contributed by atoms with Gasteiger partial charge in [0.25, 0.3) is 5.91 Å². The Balaban J connectivity index is 1.50. The molecule has 0 saturated carbocycles. The standard InChI is InChI=1S/C21H22ClF2N3O3/c22-14-3-6-19(27-8-10-30-11-9-27)18(12-14)26-20(28)2-1-7-25-21(29)16-5-4-15(23)13-17(16)24/h3-6,12-13H,1-2,7-11H2,(H,25,29)(H,26,28). The van der Waals surface area contributed by atoms with E-state index < -0.39 is 17.5 Å². The quantitative estimate of drug-likeness (QED) is 0.649. The van der Waals surface area contributed by atoms with Crippen molar-refractivity contribution in [2.75, 3.05) is 43.1 Å². The third-order valence-electron chi connectivity index (χ3n) is 4.63. The highest BCUT2D eigenvalue weighted by Crippen LogP contribution is 2.30. The van der Waals surface area contributed by atoms with Crippen molar-refractivity contribution in [2.45, 2.75) is 12.8 Å². The van der Waals surface area contributed by atoms with Gasteiger partial charge in [-0.15, -0.1) is 0 Å². The predicted molar refractivity (Wildman–Crippen MR) is 111 cm³/mol. The van der Waals surface area contributed by atoms with E-state index in [0.29, 0.717) is 36.4 Å². The summed E-state index contributed by atoms with van der Waals surface area (Å²) in [4.78, 5) is 26.4. The van der Waals surface area contributed by atoms with E-state index in [4.69, 9.17) is 16.3 Å². The average molecular weight is 438 g/mol. The number of anilines is 2. The van der Waals surface area contributed by atoms with Gasteiger partial charge in [-0.05, 0) is 36.8 Å². The molecular weight excluding hydrogens is 416 g/mol. The second-order valence-corrected chi connectivity index (χ2v) is 7.23. The number of nitrogens with one attached hydrogen (secondary N) is 2. The van der Waals surface area contributed by atoms with Crippen molar-refractivity contribution >= 4 is 34.8 Å². The molecule has 2 aromatic rings. The molecule has 0 radical (unpaired) electrons. The first kappa shape index (κ1) is 22.0. The number of hydrogen-bond donors (Lipinski definition) is 2. The molecule has 1 fully saturated rings. The molecule has 160 valence electrons. The minimum Gasteiger partial charge on any atom is -0.378 e. The van der Waals surface area contributed by atoms with Crippen molar-refractivity contribution < 1.29 is 23.1 Å². The summed E-state index contributed by atoms with van der Waals surface area (Å²) in [6.45, 7) is 2.84. The third-order valence-corrected chi connectivity index (χ3v) is 4.86. The maximum absolute atomic E-state index is 13.6. The van der Waals surface area contributed by atoms with Crippen LogP contribution in [0, 0.1) is 11.6 Å². The van der Waals surface area contributed by atoms with Crippen LogP contribution in [0.5, 0.6) is 0 Å². The van der Waals surface area contributed by atoms with E-state index in [2.05, 4.69) is 15.5 Å². The zero-order chi connectivity index (χ0) is 21.5. The van der Waals surface area contributed by atoms with Crippen molar-refractivity contribution in [2.24, 2.45) is 0 Å². The van der Waals surface area contributed by atoms with Crippen LogP contribution in [0.4, 0.5) is 20.2 Å². The number of carbonyl (C=O) groups is 2. The summed E-state index contributed by atoms with van der Waals surface area (Å²) in [5.41, 5.74) is 1.25. The molecule has 0 aromatic heterocycles. The molecule has 30 heavy (non-hydrogen) atoms. The Hall–Kier alpha value is -2.71. The molecule has 1 aliphatic heterocycles. The molecule has 2 amide bonds. The predicted octanol–water partition coefficient (Wildman–Crippen LogP) is 3.60. The fourth-order valence-electron chi connectivity index (χ4n) is 3.12. The fraction of sp³-hybridized carbons (Fsp3) is 0.333. The van der Waals surface area contributed by atoms with E-state index in [1.807, 2.05) is 6.07 Å². The number of nitrogens with zero attached hydrogens (tertiary/aromatic N) is 1. The van der Waals surface area contributed by atoms with E-state index >= 15 is 0 Å². The maximum atomic E-state index is 13.6. The Kier molecular flexibility index (Phi) is 7.59. The zero-order valence-corrected chi connectivity index (χ0v) is 17.0. The van der Waals surface area contributed by atoms with Gasteiger partial charge in [-0.25, -0.2) is 8.78 Å². The molecule has 1 aliphatic rings. The lowest BCUT2D eigenvalue weighted by Crippen LogP contribution is -2.36. The summed E-state index contributed by atoms with van der Waals surface area (Å²) in [6, 6.07) is 8.08.